The van der Waals surface area contributed by atoms with Gasteiger partial charge in [0, 0.05) is 30.3 Å². The number of carbonyl (C=O) groups is 1. The first kappa shape index (κ1) is 58.5. The molecular formula is C29H62O4Sn6. The molecule has 0 amide bonds. The van der Waals surface area contributed by atoms with E-state index < -0.39 is 6.10 Å². The fraction of sp³-hybridized carbons (Fsp3) is 0.897. The molecule has 2 fully saturated rings. The minimum absolute atomic E-state index is 0. The van der Waals surface area contributed by atoms with Crippen molar-refractivity contribution in [2.75, 3.05) is 13.2 Å². The normalized spacial score (nSPS) is 21.7. The Morgan fingerprint density at radius 2 is 1.41 bits per heavy atom. The second-order valence-corrected chi connectivity index (χ2v) is 10.8. The third kappa shape index (κ3) is 26.8. The maximum Gasteiger partial charge on any atom is 0 e. The van der Waals surface area contributed by atoms with E-state index in [1.807, 2.05) is 0 Å². The summed E-state index contributed by atoms with van der Waals surface area (Å²) in [6.45, 7) is 7.35. The molecule has 0 heterocycles. The van der Waals surface area contributed by atoms with Gasteiger partial charge in [0.25, 0.3) is 0 Å². The molecule has 1 atom stereocenters. The predicted octanol–water partition coefficient (Wildman–Crippen LogP) is 4.12. The van der Waals surface area contributed by atoms with Crippen molar-refractivity contribution < 1.29 is 19.4 Å². The number of aliphatic hydroxyl groups is 1. The standard InChI is InChI=1S/C27H48O4.2CH4.6Sn.6H/c1-4-5-6-7-9-12-25(29)31-22-23(28)21-30-24-13-17-27(3,18-14-24)20-19-26(2)15-10-8-11-16-26;;;;;;;;;;;;;;/h5-6,23-24,28H,4,7-22H2,1-3H3;2*1H4;;;;;;;;;;;;. The Bertz CT molecular complexity index is 552. The number of unbranched alkanes of at least 4 members (excludes halogenated alkanes) is 1. The van der Waals surface area contributed by atoms with Crippen molar-refractivity contribution >= 4 is 149 Å². The number of rotatable bonds is 13. The van der Waals surface area contributed by atoms with Gasteiger partial charge in [0.15, 0.2) is 0 Å². The van der Waals surface area contributed by atoms with E-state index in [4.69, 9.17) is 9.47 Å². The molecule has 1 N–H and O–H groups in total. The molecular weight excluding hydrogens is 1120 g/mol. The van der Waals surface area contributed by atoms with Crippen molar-refractivity contribution in [3.8, 4) is 0 Å². The van der Waals surface area contributed by atoms with Gasteiger partial charge >= 0.3 is 126 Å². The third-order valence-corrected chi connectivity index (χ3v) is 7.65. The van der Waals surface area contributed by atoms with Gasteiger partial charge in [-0.25, -0.2) is 0 Å². The van der Waals surface area contributed by atoms with Crippen molar-refractivity contribution in [1.29, 1.82) is 0 Å². The number of esters is 1. The molecule has 4 nitrogen and oxygen atoms in total. The molecule has 1 unspecified atom stereocenters. The van der Waals surface area contributed by atoms with Crippen LogP contribution in [0.25, 0.3) is 0 Å². The van der Waals surface area contributed by atoms with Gasteiger partial charge in [-0.15, -0.1) is 0 Å². The molecule has 0 saturated heterocycles. The summed E-state index contributed by atoms with van der Waals surface area (Å²) in [5.41, 5.74) is 1.02. The fourth-order valence-electron chi connectivity index (χ4n) is 5.17. The Kier molecular flexibility index (Phi) is 49.9. The molecule has 0 aromatic heterocycles. The fourth-order valence-corrected chi connectivity index (χ4v) is 5.17. The van der Waals surface area contributed by atoms with Gasteiger partial charge in [-0.05, 0) is 81.5 Å². The van der Waals surface area contributed by atoms with Crippen LogP contribution in [0.2, 0.25) is 0 Å². The van der Waals surface area contributed by atoms with E-state index in [-0.39, 0.29) is 184 Å². The molecule has 18 radical (unpaired) electrons. The molecule has 226 valence electrons. The zero-order valence-corrected chi connectivity index (χ0v) is 44.1. The van der Waals surface area contributed by atoms with Crippen molar-refractivity contribution in [2.45, 2.75) is 144 Å². The first-order valence-electron chi connectivity index (χ1n) is 12.9. The zero-order chi connectivity index (χ0) is 22.6. The van der Waals surface area contributed by atoms with Crippen LogP contribution in [-0.2, 0) is 14.3 Å². The number of carbonyl (C=O) groups excluding carboxylic acids is 1. The van der Waals surface area contributed by atoms with Crippen LogP contribution in [0, 0.1) is 10.8 Å². The first-order chi connectivity index (χ1) is 14.8. The first-order valence-corrected chi connectivity index (χ1v) is 12.9. The van der Waals surface area contributed by atoms with Gasteiger partial charge in [-0.3, -0.25) is 4.79 Å². The Hall–Kier alpha value is 3.92. The minimum atomic E-state index is -0.733. The molecule has 0 spiro atoms. The summed E-state index contributed by atoms with van der Waals surface area (Å²) >= 11 is 0. The number of aliphatic hydroxyl groups excluding tert-OH is 1. The quantitative estimate of drug-likeness (QED) is 0.131. The number of allylic oxidation sites excluding steroid dienone is 2. The molecule has 10 heteroatoms. The summed E-state index contributed by atoms with van der Waals surface area (Å²) in [7, 11) is 0. The summed E-state index contributed by atoms with van der Waals surface area (Å²) in [6.07, 6.45) is 21.2. The van der Waals surface area contributed by atoms with Crippen LogP contribution >= 0.6 is 0 Å². The predicted molar refractivity (Wildman–Crippen MR) is 183 cm³/mol. The van der Waals surface area contributed by atoms with E-state index in [0.717, 1.165) is 32.1 Å². The number of hydrogen-bond acceptors (Lipinski definition) is 4. The third-order valence-electron chi connectivity index (χ3n) is 7.65. The molecule has 0 aromatic rings. The van der Waals surface area contributed by atoms with Gasteiger partial charge in [0.1, 0.15) is 12.7 Å². The minimum Gasteiger partial charge on any atom is 0 e. The maximum atomic E-state index is 11.8. The molecule has 2 aliphatic rings. The monoisotopic (exact) mass is 1190 g/mol. The van der Waals surface area contributed by atoms with E-state index in [1.54, 1.807) is 0 Å². The molecule has 0 aromatic carbocycles. The summed E-state index contributed by atoms with van der Waals surface area (Å²) in [4.78, 5) is 11.8. The van der Waals surface area contributed by atoms with E-state index in [1.165, 1.54) is 57.8 Å². The van der Waals surface area contributed by atoms with Crippen LogP contribution in [-0.4, -0.2) is 180 Å². The molecule has 39 heavy (non-hydrogen) atoms. The van der Waals surface area contributed by atoms with Gasteiger partial charge in [0.05, 0.1) is 12.7 Å². The number of hydrogen-bond donors (Lipinski definition) is 1. The summed E-state index contributed by atoms with van der Waals surface area (Å²) in [5.74, 6) is -0.232. The molecule has 2 aliphatic carbocycles. The second kappa shape index (κ2) is 33.3. The topological polar surface area (TPSA) is 55.8 Å². The average Bonchev–Trinajstić information content (AvgIpc) is 2.76. The summed E-state index contributed by atoms with van der Waals surface area (Å²) in [5, 5.41) is 10.1. The van der Waals surface area contributed by atoms with Crippen LogP contribution in [0.1, 0.15) is 132 Å². The van der Waals surface area contributed by atoms with Crippen molar-refractivity contribution in [2.24, 2.45) is 10.8 Å². The molecule has 2 saturated carbocycles. The van der Waals surface area contributed by atoms with E-state index >= 15 is 0 Å². The van der Waals surface area contributed by atoms with Crippen LogP contribution in [0.5, 0.6) is 0 Å². The van der Waals surface area contributed by atoms with Gasteiger partial charge in [-0.1, -0.05) is 67.0 Å². The van der Waals surface area contributed by atoms with Crippen LogP contribution in [0.3, 0.4) is 0 Å². The summed E-state index contributed by atoms with van der Waals surface area (Å²) in [6, 6.07) is 0. The van der Waals surface area contributed by atoms with Crippen LogP contribution in [0.4, 0.5) is 0 Å². The molecule has 0 aliphatic heterocycles. The van der Waals surface area contributed by atoms with E-state index in [2.05, 4.69) is 32.9 Å². The Balaban J connectivity index is -0.000000256. The summed E-state index contributed by atoms with van der Waals surface area (Å²) < 4.78 is 11.1. The van der Waals surface area contributed by atoms with Crippen LogP contribution in [0.15, 0.2) is 12.2 Å². The molecule has 0 bridgehead atoms. The number of ether oxygens (including phenoxy) is 2. The van der Waals surface area contributed by atoms with E-state index in [9.17, 15) is 9.90 Å². The Morgan fingerprint density at radius 3 is 1.92 bits per heavy atom. The van der Waals surface area contributed by atoms with Gasteiger partial charge in [0.2, 0.25) is 0 Å². The van der Waals surface area contributed by atoms with Crippen molar-refractivity contribution in [3.63, 3.8) is 0 Å². The van der Waals surface area contributed by atoms with Crippen LogP contribution < -0.4 is 0 Å². The average molecular weight is 1190 g/mol. The Labute approximate surface area is 344 Å². The van der Waals surface area contributed by atoms with Crippen molar-refractivity contribution in [3.05, 3.63) is 12.2 Å². The zero-order valence-electron chi connectivity index (χ0n) is 24.0. The van der Waals surface area contributed by atoms with Gasteiger partial charge in [-0.2, -0.15) is 0 Å². The molecule has 2 rings (SSSR count). The SMILES string of the molecule is C.C.CCC=CCCCC(=O)OCC(O)COC1CCC(C)(CCC2(C)CCCCC2)CC1.[SnH2].[SnH].[SnH].[SnH].[SnH].[Sn]. The second-order valence-electron chi connectivity index (χ2n) is 10.8. The van der Waals surface area contributed by atoms with Gasteiger partial charge < -0.3 is 14.6 Å². The smallest absolute Gasteiger partial charge is 0 e. The van der Waals surface area contributed by atoms with E-state index in [0.29, 0.717) is 17.3 Å². The van der Waals surface area contributed by atoms with Crippen molar-refractivity contribution in [1.82, 2.24) is 0 Å². The Morgan fingerprint density at radius 1 is 0.897 bits per heavy atom. The maximum absolute atomic E-state index is 11.8. The largest absolute Gasteiger partial charge is 0 e.